The van der Waals surface area contributed by atoms with Crippen LogP contribution in [0.1, 0.15) is 27.2 Å². The Kier molecular flexibility index (Phi) is 6.82. The predicted molar refractivity (Wildman–Crippen MR) is 131 cm³/mol. The smallest absolute Gasteiger partial charge is 0.270 e. The Hall–Kier alpha value is -3.15. The molecule has 4 aromatic rings. The molecule has 33 heavy (non-hydrogen) atoms. The van der Waals surface area contributed by atoms with Crippen LogP contribution in [0.25, 0.3) is 16.9 Å². The van der Waals surface area contributed by atoms with Crippen molar-refractivity contribution in [3.63, 3.8) is 0 Å². The Bertz CT molecular complexity index is 1320. The monoisotopic (exact) mass is 481 g/mol. The van der Waals surface area contributed by atoms with E-state index < -0.39 is 0 Å². The lowest BCUT2D eigenvalue weighted by Crippen LogP contribution is -2.28. The highest BCUT2D eigenvalue weighted by Gasteiger charge is 2.19. The van der Waals surface area contributed by atoms with Crippen molar-refractivity contribution in [3.05, 3.63) is 105 Å². The fraction of sp³-hybridized carbons (Fsp3) is 0.154. The van der Waals surface area contributed by atoms with Gasteiger partial charge in [-0.05, 0) is 79.9 Å². The van der Waals surface area contributed by atoms with Gasteiger partial charge in [0.15, 0.2) is 0 Å². The lowest BCUT2D eigenvalue weighted by Gasteiger charge is -2.11. The Morgan fingerprint density at radius 2 is 1.76 bits per heavy atom. The van der Waals surface area contributed by atoms with Gasteiger partial charge in [-0.25, -0.2) is 9.07 Å². The van der Waals surface area contributed by atoms with Crippen LogP contribution in [-0.4, -0.2) is 22.2 Å². The number of rotatable bonds is 6. The molecule has 0 aliphatic rings. The van der Waals surface area contributed by atoms with Gasteiger partial charge in [0.25, 0.3) is 5.91 Å². The number of nitrogens with one attached hydrogen (secondary N) is 1. The van der Waals surface area contributed by atoms with Gasteiger partial charge in [-0.1, -0.05) is 47.0 Å². The Labute approximate surface area is 202 Å². The van der Waals surface area contributed by atoms with E-state index in [1.807, 2.05) is 38.1 Å². The van der Waals surface area contributed by atoms with E-state index in [0.29, 0.717) is 34.4 Å². The van der Waals surface area contributed by atoms with Crippen LogP contribution in [0.2, 0.25) is 10.0 Å². The van der Waals surface area contributed by atoms with Crippen LogP contribution in [0.15, 0.2) is 66.7 Å². The molecule has 0 aliphatic heterocycles. The summed E-state index contributed by atoms with van der Waals surface area (Å²) in [5, 5.41) is 8.77. The van der Waals surface area contributed by atoms with Crippen molar-refractivity contribution in [1.29, 1.82) is 0 Å². The maximum atomic E-state index is 13.4. The van der Waals surface area contributed by atoms with Crippen LogP contribution < -0.4 is 5.32 Å². The molecule has 0 spiro atoms. The molecule has 0 saturated carbocycles. The highest BCUT2D eigenvalue weighted by atomic mass is 35.5. The maximum Gasteiger partial charge on any atom is 0.270 e. The molecule has 0 radical (unpaired) electrons. The zero-order valence-electron chi connectivity index (χ0n) is 18.2. The van der Waals surface area contributed by atoms with Crippen molar-refractivity contribution in [2.24, 2.45) is 0 Å². The Morgan fingerprint density at radius 1 is 1.00 bits per heavy atom. The van der Waals surface area contributed by atoms with Crippen LogP contribution >= 0.6 is 23.2 Å². The van der Waals surface area contributed by atoms with E-state index >= 15 is 0 Å². The average Bonchev–Trinajstić information content (AvgIpc) is 3.21. The van der Waals surface area contributed by atoms with Crippen LogP contribution in [0.4, 0.5) is 4.39 Å². The summed E-state index contributed by atoms with van der Waals surface area (Å²) in [6, 6.07) is 19.0. The largest absolute Gasteiger partial charge is 0.350 e. The van der Waals surface area contributed by atoms with Crippen molar-refractivity contribution in [2.75, 3.05) is 6.54 Å². The number of hydrogen-bond acceptors (Lipinski definition) is 2. The van der Waals surface area contributed by atoms with E-state index in [2.05, 4.69) is 10.4 Å². The normalized spacial score (nSPS) is 10.9. The number of amides is 1. The molecule has 1 aromatic heterocycles. The first-order valence-corrected chi connectivity index (χ1v) is 11.2. The van der Waals surface area contributed by atoms with Crippen molar-refractivity contribution in [1.82, 2.24) is 15.1 Å². The molecule has 4 rings (SSSR count). The second-order valence-electron chi connectivity index (χ2n) is 7.87. The predicted octanol–water partition coefficient (Wildman–Crippen LogP) is 6.57. The molecule has 1 N–H and O–H groups in total. The summed E-state index contributed by atoms with van der Waals surface area (Å²) in [6.07, 6.45) is 0.560. The number of benzene rings is 3. The Balaban J connectivity index is 1.63. The molecule has 0 unspecified atom stereocenters. The van der Waals surface area contributed by atoms with Crippen LogP contribution in [0, 0.1) is 19.7 Å². The summed E-state index contributed by atoms with van der Waals surface area (Å²) in [7, 11) is 0. The van der Waals surface area contributed by atoms with Crippen molar-refractivity contribution in [3.8, 4) is 16.9 Å². The molecule has 168 valence electrons. The highest BCUT2D eigenvalue weighted by molar-refractivity contribution is 6.35. The topological polar surface area (TPSA) is 46.9 Å². The van der Waals surface area contributed by atoms with Crippen LogP contribution in [-0.2, 0) is 6.42 Å². The minimum Gasteiger partial charge on any atom is -0.350 e. The molecule has 1 amide bonds. The average molecular weight is 482 g/mol. The first-order chi connectivity index (χ1) is 15.8. The van der Waals surface area contributed by atoms with Crippen LogP contribution in [0.3, 0.4) is 0 Å². The van der Waals surface area contributed by atoms with Gasteiger partial charge >= 0.3 is 0 Å². The van der Waals surface area contributed by atoms with E-state index in [4.69, 9.17) is 23.2 Å². The maximum absolute atomic E-state index is 13.4. The molecule has 0 aliphatic carbocycles. The SMILES string of the molecule is Cc1ccc(-n2nc(-c3ccc(F)cc3)cc2C(=O)NCCc2ccc(Cl)cc2Cl)c(C)c1. The van der Waals surface area contributed by atoms with Gasteiger partial charge in [-0.3, -0.25) is 4.79 Å². The van der Waals surface area contributed by atoms with Crippen molar-refractivity contribution >= 4 is 29.1 Å². The number of hydrogen-bond donors (Lipinski definition) is 1. The first-order valence-electron chi connectivity index (χ1n) is 10.5. The quantitative estimate of drug-likeness (QED) is 0.338. The molecule has 7 heteroatoms. The molecular formula is C26H22Cl2FN3O. The third-order valence-corrected chi connectivity index (χ3v) is 5.94. The standard InChI is InChI=1S/C26H22Cl2FN3O/c1-16-3-10-24(17(2)13-16)32-25(15-23(31-32)19-5-8-21(29)9-6-19)26(33)30-12-11-18-4-7-20(27)14-22(18)28/h3-10,13-15H,11-12H2,1-2H3,(H,30,33). The van der Waals surface area contributed by atoms with E-state index in [1.54, 1.807) is 35.0 Å². The summed E-state index contributed by atoms with van der Waals surface area (Å²) in [6.45, 7) is 4.38. The van der Waals surface area contributed by atoms with E-state index in [-0.39, 0.29) is 11.7 Å². The fourth-order valence-electron chi connectivity index (χ4n) is 3.66. The van der Waals surface area contributed by atoms with Crippen molar-refractivity contribution < 1.29 is 9.18 Å². The zero-order valence-corrected chi connectivity index (χ0v) is 19.7. The second-order valence-corrected chi connectivity index (χ2v) is 8.71. The minimum atomic E-state index is -0.327. The van der Waals surface area contributed by atoms with Gasteiger partial charge in [0.2, 0.25) is 0 Å². The molecule has 0 fully saturated rings. The van der Waals surface area contributed by atoms with E-state index in [0.717, 1.165) is 27.9 Å². The summed E-state index contributed by atoms with van der Waals surface area (Å²) in [5.74, 6) is -0.590. The molecule has 1 heterocycles. The van der Waals surface area contributed by atoms with Crippen molar-refractivity contribution in [2.45, 2.75) is 20.3 Å². The molecule has 0 saturated heterocycles. The van der Waals surface area contributed by atoms with Gasteiger partial charge < -0.3 is 5.32 Å². The summed E-state index contributed by atoms with van der Waals surface area (Å²) >= 11 is 12.2. The molecule has 0 bridgehead atoms. The number of aromatic nitrogens is 2. The molecule has 3 aromatic carbocycles. The van der Waals surface area contributed by atoms with E-state index in [1.165, 1.54) is 12.1 Å². The number of carbonyl (C=O) groups is 1. The zero-order chi connectivity index (χ0) is 23.5. The number of halogens is 3. The molecule has 4 nitrogen and oxygen atoms in total. The van der Waals surface area contributed by atoms with Crippen LogP contribution in [0.5, 0.6) is 0 Å². The fourth-order valence-corrected chi connectivity index (χ4v) is 4.16. The summed E-state index contributed by atoms with van der Waals surface area (Å²) in [4.78, 5) is 13.2. The second kappa shape index (κ2) is 9.77. The third-order valence-electron chi connectivity index (χ3n) is 5.36. The lowest BCUT2D eigenvalue weighted by molar-refractivity contribution is 0.0946. The van der Waals surface area contributed by atoms with Gasteiger partial charge in [-0.15, -0.1) is 0 Å². The molecule has 0 atom stereocenters. The minimum absolute atomic E-state index is 0.263. The highest BCUT2D eigenvalue weighted by Crippen LogP contribution is 2.25. The van der Waals surface area contributed by atoms with E-state index in [9.17, 15) is 9.18 Å². The first kappa shape index (κ1) is 23.0. The Morgan fingerprint density at radius 3 is 2.45 bits per heavy atom. The lowest BCUT2D eigenvalue weighted by atomic mass is 10.1. The third kappa shape index (κ3) is 5.27. The number of carbonyl (C=O) groups excluding carboxylic acids is 1. The number of nitrogens with zero attached hydrogens (tertiary/aromatic N) is 2. The van der Waals surface area contributed by atoms with Gasteiger partial charge in [-0.2, -0.15) is 5.10 Å². The van der Waals surface area contributed by atoms with Gasteiger partial charge in [0.1, 0.15) is 11.5 Å². The summed E-state index contributed by atoms with van der Waals surface area (Å²) < 4.78 is 15.0. The van der Waals surface area contributed by atoms with Gasteiger partial charge in [0, 0.05) is 22.2 Å². The number of aryl methyl sites for hydroxylation is 2. The summed E-state index contributed by atoms with van der Waals surface area (Å²) in [5.41, 5.74) is 5.51. The molecular weight excluding hydrogens is 460 g/mol. The van der Waals surface area contributed by atoms with Gasteiger partial charge in [0.05, 0.1) is 11.4 Å².